The Balaban J connectivity index is 1.78. The monoisotopic (exact) mass is 281 g/mol. The summed E-state index contributed by atoms with van der Waals surface area (Å²) in [5.74, 6) is -0.672. The number of rotatable bonds is 2. The summed E-state index contributed by atoms with van der Waals surface area (Å²) in [6.45, 7) is 1.76. The Bertz CT molecular complexity index is 684. The first-order valence-corrected chi connectivity index (χ1v) is 5.66. The highest BCUT2D eigenvalue weighted by Crippen LogP contribution is 2.42. The second-order valence-corrected chi connectivity index (χ2v) is 4.22. The van der Waals surface area contributed by atoms with Gasteiger partial charge in [0.05, 0.1) is 0 Å². The van der Waals surface area contributed by atoms with E-state index in [9.17, 15) is 13.6 Å². The Morgan fingerprint density at radius 1 is 1.30 bits per heavy atom. The number of hydrogen-bond donors (Lipinski definition) is 2. The van der Waals surface area contributed by atoms with Crippen LogP contribution in [0.5, 0.6) is 11.5 Å². The van der Waals surface area contributed by atoms with Crippen molar-refractivity contribution in [1.29, 1.82) is 0 Å². The fourth-order valence-corrected chi connectivity index (χ4v) is 1.76. The number of alkyl halides is 2. The molecule has 1 aliphatic heterocycles. The molecule has 0 fully saturated rings. The number of amides is 1. The molecule has 2 heterocycles. The van der Waals surface area contributed by atoms with Gasteiger partial charge in [0.1, 0.15) is 0 Å². The third kappa shape index (κ3) is 2.27. The first-order chi connectivity index (χ1) is 9.43. The highest BCUT2D eigenvalue weighted by Gasteiger charge is 2.43. The average Bonchev–Trinajstić information content (AvgIpc) is 2.90. The van der Waals surface area contributed by atoms with Gasteiger partial charge < -0.3 is 14.8 Å². The molecule has 1 aromatic heterocycles. The molecule has 0 spiro atoms. The molecule has 2 N–H and O–H groups in total. The van der Waals surface area contributed by atoms with Gasteiger partial charge in [0.15, 0.2) is 17.2 Å². The first kappa shape index (κ1) is 12.4. The number of carbonyl (C=O) groups excluding carboxylic acids is 1. The molecule has 6 nitrogen and oxygen atoms in total. The minimum Gasteiger partial charge on any atom is -0.395 e. The average molecular weight is 281 g/mol. The van der Waals surface area contributed by atoms with Crippen LogP contribution in [0.4, 0.5) is 14.5 Å². The van der Waals surface area contributed by atoms with E-state index in [2.05, 4.69) is 25.0 Å². The van der Waals surface area contributed by atoms with Crippen LogP contribution in [-0.4, -0.2) is 22.4 Å². The Kier molecular flexibility index (Phi) is 2.60. The first-order valence-electron chi connectivity index (χ1n) is 5.66. The molecule has 1 aliphatic rings. The van der Waals surface area contributed by atoms with Crippen molar-refractivity contribution >= 4 is 11.6 Å². The number of aromatic nitrogens is 2. The summed E-state index contributed by atoms with van der Waals surface area (Å²) in [4.78, 5) is 11.8. The number of nitrogens with zero attached hydrogens (tertiary/aromatic N) is 1. The van der Waals surface area contributed by atoms with Crippen LogP contribution in [-0.2, 0) is 0 Å². The number of aromatic amines is 1. The van der Waals surface area contributed by atoms with Crippen LogP contribution < -0.4 is 14.8 Å². The summed E-state index contributed by atoms with van der Waals surface area (Å²) in [6, 6.07) is 5.55. The zero-order valence-electron chi connectivity index (χ0n) is 10.2. The van der Waals surface area contributed by atoms with Crippen molar-refractivity contribution in [3.8, 4) is 11.5 Å². The zero-order chi connectivity index (χ0) is 14.3. The number of H-pyrrole nitrogens is 1. The van der Waals surface area contributed by atoms with E-state index in [0.29, 0.717) is 5.69 Å². The van der Waals surface area contributed by atoms with E-state index in [4.69, 9.17) is 0 Å². The van der Waals surface area contributed by atoms with Gasteiger partial charge in [-0.2, -0.15) is 5.10 Å². The number of aryl methyl sites for hydroxylation is 1. The smallest absolute Gasteiger partial charge is 0.395 e. The van der Waals surface area contributed by atoms with Gasteiger partial charge in [0, 0.05) is 17.4 Å². The molecule has 1 aromatic carbocycles. The van der Waals surface area contributed by atoms with E-state index in [-0.39, 0.29) is 17.2 Å². The van der Waals surface area contributed by atoms with E-state index in [1.807, 2.05) is 0 Å². The number of carbonyl (C=O) groups is 1. The number of benzene rings is 1. The molecule has 0 unspecified atom stereocenters. The lowest BCUT2D eigenvalue weighted by atomic mass is 10.2. The van der Waals surface area contributed by atoms with Crippen molar-refractivity contribution in [3.63, 3.8) is 0 Å². The number of nitrogens with one attached hydrogen (secondary N) is 2. The molecule has 0 bridgehead atoms. The molecule has 0 atom stereocenters. The van der Waals surface area contributed by atoms with Crippen molar-refractivity contribution in [2.24, 2.45) is 0 Å². The Hall–Kier alpha value is -2.64. The maximum Gasteiger partial charge on any atom is 0.586 e. The summed E-state index contributed by atoms with van der Waals surface area (Å²) < 4.78 is 34.3. The Morgan fingerprint density at radius 3 is 2.75 bits per heavy atom. The lowest BCUT2D eigenvalue weighted by molar-refractivity contribution is -0.286. The van der Waals surface area contributed by atoms with E-state index in [1.165, 1.54) is 18.2 Å². The van der Waals surface area contributed by atoms with Gasteiger partial charge in [-0.25, -0.2) is 0 Å². The molecule has 104 valence electrons. The van der Waals surface area contributed by atoms with Gasteiger partial charge in [-0.05, 0) is 25.1 Å². The maximum absolute atomic E-state index is 12.9. The molecule has 0 saturated heterocycles. The van der Waals surface area contributed by atoms with Crippen LogP contribution >= 0.6 is 0 Å². The topological polar surface area (TPSA) is 76.2 Å². The summed E-state index contributed by atoms with van der Waals surface area (Å²) in [7, 11) is 0. The fourth-order valence-electron chi connectivity index (χ4n) is 1.76. The van der Waals surface area contributed by atoms with Crippen LogP contribution in [0.15, 0.2) is 24.3 Å². The fraction of sp³-hybridized carbons (Fsp3) is 0.167. The lowest BCUT2D eigenvalue weighted by Gasteiger charge is -2.04. The second-order valence-electron chi connectivity index (χ2n) is 4.22. The number of anilines is 1. The van der Waals surface area contributed by atoms with Gasteiger partial charge in [0.2, 0.25) is 0 Å². The summed E-state index contributed by atoms with van der Waals surface area (Å²) in [5, 5.41) is 8.95. The number of fused-ring (bicyclic) bond motifs is 1. The number of ether oxygens (including phenoxy) is 2. The van der Waals surface area contributed by atoms with Crippen molar-refractivity contribution in [2.75, 3.05) is 5.32 Å². The molecule has 0 saturated carbocycles. The molecule has 2 aromatic rings. The normalized spacial score (nSPS) is 15.2. The van der Waals surface area contributed by atoms with Gasteiger partial charge in [-0.3, -0.25) is 9.89 Å². The largest absolute Gasteiger partial charge is 0.586 e. The van der Waals surface area contributed by atoms with E-state index in [1.54, 1.807) is 13.0 Å². The second kappa shape index (κ2) is 4.19. The van der Waals surface area contributed by atoms with Crippen LogP contribution in [0, 0.1) is 6.92 Å². The predicted molar refractivity (Wildman–Crippen MR) is 63.9 cm³/mol. The Morgan fingerprint density at radius 2 is 2.05 bits per heavy atom. The number of halogens is 2. The Labute approximate surface area is 111 Å². The van der Waals surface area contributed by atoms with Crippen molar-refractivity contribution in [1.82, 2.24) is 10.2 Å². The van der Waals surface area contributed by atoms with Crippen molar-refractivity contribution in [2.45, 2.75) is 13.2 Å². The highest BCUT2D eigenvalue weighted by molar-refractivity contribution is 6.03. The minimum absolute atomic E-state index is 0.0800. The summed E-state index contributed by atoms with van der Waals surface area (Å²) >= 11 is 0. The van der Waals surface area contributed by atoms with Crippen molar-refractivity contribution in [3.05, 3.63) is 35.7 Å². The zero-order valence-corrected chi connectivity index (χ0v) is 10.2. The minimum atomic E-state index is -3.68. The van der Waals surface area contributed by atoms with E-state index in [0.717, 1.165) is 5.69 Å². The number of hydrogen-bond acceptors (Lipinski definition) is 4. The van der Waals surface area contributed by atoms with Crippen molar-refractivity contribution < 1.29 is 23.0 Å². The maximum atomic E-state index is 12.9. The molecular weight excluding hydrogens is 272 g/mol. The predicted octanol–water partition coefficient (Wildman–Crippen LogP) is 2.29. The molecule has 3 rings (SSSR count). The van der Waals surface area contributed by atoms with Crippen LogP contribution in [0.1, 0.15) is 16.2 Å². The summed E-state index contributed by atoms with van der Waals surface area (Å²) in [5.41, 5.74) is 1.24. The lowest BCUT2D eigenvalue weighted by Crippen LogP contribution is -2.25. The molecular formula is C12H9F2N3O3. The van der Waals surface area contributed by atoms with Crippen LogP contribution in [0.2, 0.25) is 0 Å². The molecule has 0 radical (unpaired) electrons. The van der Waals surface area contributed by atoms with Gasteiger partial charge in [-0.15, -0.1) is 8.78 Å². The van der Waals surface area contributed by atoms with Gasteiger partial charge >= 0.3 is 6.29 Å². The van der Waals surface area contributed by atoms with Gasteiger partial charge in [-0.1, -0.05) is 0 Å². The highest BCUT2D eigenvalue weighted by atomic mass is 19.3. The van der Waals surface area contributed by atoms with Crippen LogP contribution in [0.3, 0.4) is 0 Å². The quantitative estimate of drug-likeness (QED) is 0.885. The standard InChI is InChI=1S/C12H9F2N3O3/c1-6-4-8(17-16-6)11(18)15-7-2-3-9-10(5-7)20-12(13,14)19-9/h2-5H,1H3,(H,15,18)(H,16,17). The molecule has 20 heavy (non-hydrogen) atoms. The SMILES string of the molecule is Cc1cc(C(=O)Nc2ccc3c(c2)OC(F)(F)O3)n[nH]1. The molecule has 8 heteroatoms. The molecule has 1 amide bonds. The molecule has 0 aliphatic carbocycles. The third-order valence-corrected chi connectivity index (χ3v) is 2.60. The van der Waals surface area contributed by atoms with E-state index >= 15 is 0 Å². The third-order valence-electron chi connectivity index (χ3n) is 2.60. The van der Waals surface area contributed by atoms with Crippen LogP contribution in [0.25, 0.3) is 0 Å². The van der Waals surface area contributed by atoms with E-state index < -0.39 is 12.2 Å². The summed E-state index contributed by atoms with van der Waals surface area (Å²) in [6.07, 6.45) is -3.68. The van der Waals surface area contributed by atoms with Gasteiger partial charge in [0.25, 0.3) is 5.91 Å².